The number of nitrogens with one attached hydrogen (secondary N) is 1. The van der Waals surface area contributed by atoms with Gasteiger partial charge in [-0.1, -0.05) is 6.07 Å². The molecule has 0 fully saturated rings. The van der Waals surface area contributed by atoms with Gasteiger partial charge in [0.1, 0.15) is 17.3 Å². The van der Waals surface area contributed by atoms with Crippen LogP contribution in [0.5, 0.6) is 11.5 Å². The van der Waals surface area contributed by atoms with Crippen molar-refractivity contribution in [3.8, 4) is 11.5 Å². The third-order valence-electron chi connectivity index (χ3n) is 2.71. The average Bonchev–Trinajstić information content (AvgIpc) is 2.72. The molecule has 18 heavy (non-hydrogen) atoms. The van der Waals surface area contributed by atoms with Gasteiger partial charge >= 0.3 is 0 Å². The summed E-state index contributed by atoms with van der Waals surface area (Å²) in [6.07, 6.45) is 1.67. The molecule has 3 N–H and O–H groups in total. The largest absolute Gasteiger partial charge is 0.508 e. The number of phenolic OH excluding ortho intramolecular Hbond substituents is 2. The van der Waals surface area contributed by atoms with E-state index in [1.807, 2.05) is 13.8 Å². The van der Waals surface area contributed by atoms with E-state index in [1.54, 1.807) is 18.3 Å². The second-order valence-electron chi connectivity index (χ2n) is 4.21. The molecular formula is C13H16N2O3. The smallest absolute Gasteiger partial charge is 0.208 e. The van der Waals surface area contributed by atoms with Crippen molar-refractivity contribution < 1.29 is 14.6 Å². The van der Waals surface area contributed by atoms with Gasteiger partial charge in [0.05, 0.1) is 12.7 Å². The molecule has 96 valence electrons. The first-order chi connectivity index (χ1) is 8.56. The Morgan fingerprint density at radius 3 is 2.78 bits per heavy atom. The fourth-order valence-electron chi connectivity index (χ4n) is 1.73. The Bertz CT molecular complexity index is 537. The van der Waals surface area contributed by atoms with E-state index in [2.05, 4.69) is 10.3 Å². The van der Waals surface area contributed by atoms with Gasteiger partial charge in [0.25, 0.3) is 0 Å². The van der Waals surface area contributed by atoms with E-state index in [-0.39, 0.29) is 17.5 Å². The lowest BCUT2D eigenvalue weighted by molar-refractivity contribution is 0.415. The molecule has 1 aromatic carbocycles. The normalized spacial score (nSPS) is 12.6. The van der Waals surface area contributed by atoms with E-state index in [4.69, 9.17) is 4.42 Å². The summed E-state index contributed by atoms with van der Waals surface area (Å²) in [5, 5.41) is 22.1. The van der Waals surface area contributed by atoms with Gasteiger partial charge in [0, 0.05) is 17.7 Å². The number of nitrogens with zero attached hydrogens (tertiary/aromatic N) is 1. The lowest BCUT2D eigenvalue weighted by Crippen LogP contribution is -2.18. The molecular weight excluding hydrogens is 232 g/mol. The van der Waals surface area contributed by atoms with E-state index in [0.29, 0.717) is 12.4 Å². The van der Waals surface area contributed by atoms with Gasteiger partial charge in [-0.3, -0.25) is 0 Å². The summed E-state index contributed by atoms with van der Waals surface area (Å²) in [4.78, 5) is 4.09. The lowest BCUT2D eigenvalue weighted by atomic mass is 10.1. The molecule has 2 rings (SSSR count). The van der Waals surface area contributed by atoms with Crippen LogP contribution in [-0.2, 0) is 6.54 Å². The summed E-state index contributed by atoms with van der Waals surface area (Å²) >= 11 is 0. The minimum atomic E-state index is -0.0715. The highest BCUT2D eigenvalue weighted by atomic mass is 16.4. The fraction of sp³-hybridized carbons (Fsp3) is 0.308. The molecule has 5 nitrogen and oxygen atoms in total. The number of aromatic hydroxyl groups is 2. The molecule has 0 bridgehead atoms. The number of aryl methyl sites for hydroxylation is 1. The number of phenols is 2. The molecule has 1 aromatic heterocycles. The Hall–Kier alpha value is -2.01. The number of aromatic nitrogens is 1. The van der Waals surface area contributed by atoms with Crippen molar-refractivity contribution >= 4 is 0 Å². The number of oxazole rings is 1. The fourth-order valence-corrected chi connectivity index (χ4v) is 1.73. The van der Waals surface area contributed by atoms with E-state index >= 15 is 0 Å². The van der Waals surface area contributed by atoms with Crippen molar-refractivity contribution in [2.45, 2.75) is 26.4 Å². The van der Waals surface area contributed by atoms with Gasteiger partial charge in [-0.15, -0.1) is 0 Å². The summed E-state index contributed by atoms with van der Waals surface area (Å²) < 4.78 is 5.34. The number of hydrogen-bond acceptors (Lipinski definition) is 5. The maximum Gasteiger partial charge on any atom is 0.208 e. The van der Waals surface area contributed by atoms with Crippen LogP contribution in [0.2, 0.25) is 0 Å². The highest BCUT2D eigenvalue weighted by Gasteiger charge is 2.11. The first-order valence-electron chi connectivity index (χ1n) is 5.73. The minimum Gasteiger partial charge on any atom is -0.508 e. The van der Waals surface area contributed by atoms with Gasteiger partial charge in [-0.2, -0.15) is 0 Å². The number of hydrogen-bond donors (Lipinski definition) is 3. The maximum absolute atomic E-state index is 9.72. The molecule has 0 radical (unpaired) electrons. The highest BCUT2D eigenvalue weighted by molar-refractivity contribution is 5.40. The molecule has 1 atom stereocenters. The van der Waals surface area contributed by atoms with Gasteiger partial charge in [0.15, 0.2) is 0 Å². The summed E-state index contributed by atoms with van der Waals surface area (Å²) in [6, 6.07) is 4.48. The Kier molecular flexibility index (Phi) is 3.53. The quantitative estimate of drug-likeness (QED) is 0.773. The Morgan fingerprint density at radius 2 is 2.17 bits per heavy atom. The lowest BCUT2D eigenvalue weighted by Gasteiger charge is -2.14. The molecule has 1 unspecified atom stereocenters. The number of benzene rings is 1. The van der Waals surface area contributed by atoms with Crippen molar-refractivity contribution in [2.24, 2.45) is 0 Å². The maximum atomic E-state index is 9.72. The molecule has 0 aliphatic heterocycles. The third-order valence-corrected chi connectivity index (χ3v) is 2.71. The van der Waals surface area contributed by atoms with E-state index < -0.39 is 0 Å². The zero-order valence-corrected chi connectivity index (χ0v) is 10.3. The van der Waals surface area contributed by atoms with Crippen LogP contribution in [0.15, 0.2) is 28.8 Å². The van der Waals surface area contributed by atoms with Crippen LogP contribution in [0, 0.1) is 6.92 Å². The van der Waals surface area contributed by atoms with Crippen LogP contribution in [-0.4, -0.2) is 15.2 Å². The van der Waals surface area contributed by atoms with Gasteiger partial charge in [0.2, 0.25) is 5.89 Å². The molecule has 0 amide bonds. The monoisotopic (exact) mass is 248 g/mol. The van der Waals surface area contributed by atoms with Crippen molar-refractivity contribution in [2.75, 3.05) is 0 Å². The molecule has 1 heterocycles. The van der Waals surface area contributed by atoms with Crippen LogP contribution in [0.4, 0.5) is 0 Å². The second kappa shape index (κ2) is 5.10. The summed E-state index contributed by atoms with van der Waals surface area (Å²) in [6.45, 7) is 4.24. The Morgan fingerprint density at radius 1 is 1.39 bits per heavy atom. The third kappa shape index (κ3) is 2.81. The zero-order valence-electron chi connectivity index (χ0n) is 10.3. The summed E-state index contributed by atoms with van der Waals surface area (Å²) in [5.41, 5.74) is 0.719. The predicted octanol–water partition coefficient (Wildman–Crippen LogP) is 2.25. The first-order valence-corrected chi connectivity index (χ1v) is 5.73. The molecule has 5 heteroatoms. The second-order valence-corrected chi connectivity index (χ2v) is 4.21. The molecule has 0 aliphatic carbocycles. The van der Waals surface area contributed by atoms with Gasteiger partial charge in [-0.05, 0) is 19.9 Å². The van der Waals surface area contributed by atoms with Crippen molar-refractivity contribution in [3.05, 3.63) is 41.6 Å². The zero-order chi connectivity index (χ0) is 13.1. The Labute approximate surface area is 105 Å². The van der Waals surface area contributed by atoms with Crippen LogP contribution in [0.25, 0.3) is 0 Å². The van der Waals surface area contributed by atoms with Crippen LogP contribution in [0.1, 0.15) is 30.2 Å². The predicted molar refractivity (Wildman–Crippen MR) is 66.3 cm³/mol. The minimum absolute atomic E-state index is 0.0479. The van der Waals surface area contributed by atoms with Crippen molar-refractivity contribution in [1.29, 1.82) is 0 Å². The van der Waals surface area contributed by atoms with E-state index in [1.165, 1.54) is 6.07 Å². The van der Waals surface area contributed by atoms with E-state index in [0.717, 1.165) is 11.3 Å². The van der Waals surface area contributed by atoms with Crippen molar-refractivity contribution in [3.63, 3.8) is 0 Å². The van der Waals surface area contributed by atoms with Gasteiger partial charge in [-0.25, -0.2) is 4.98 Å². The van der Waals surface area contributed by atoms with Crippen LogP contribution >= 0.6 is 0 Å². The topological polar surface area (TPSA) is 78.5 Å². The number of rotatable bonds is 4. The summed E-state index contributed by atoms with van der Waals surface area (Å²) in [5.74, 6) is 1.50. The van der Waals surface area contributed by atoms with E-state index in [9.17, 15) is 10.2 Å². The standard InChI is InChI=1S/C13H16N2O3/c1-8-6-15-13(18-8)7-14-9(2)11-4-3-10(16)5-12(11)17/h3-6,9,14,16-17H,7H2,1-2H3. The first kappa shape index (κ1) is 12.4. The van der Waals surface area contributed by atoms with Crippen LogP contribution in [0.3, 0.4) is 0 Å². The molecule has 0 spiro atoms. The molecule has 0 saturated heterocycles. The highest BCUT2D eigenvalue weighted by Crippen LogP contribution is 2.27. The molecule has 0 saturated carbocycles. The molecule has 0 aliphatic rings. The van der Waals surface area contributed by atoms with Crippen molar-refractivity contribution in [1.82, 2.24) is 10.3 Å². The SMILES string of the molecule is Cc1cnc(CNC(C)c2ccc(O)cc2O)o1. The summed E-state index contributed by atoms with van der Waals surface area (Å²) in [7, 11) is 0. The van der Waals surface area contributed by atoms with Gasteiger partial charge < -0.3 is 19.9 Å². The Balaban J connectivity index is 2.01. The van der Waals surface area contributed by atoms with Crippen LogP contribution < -0.4 is 5.32 Å². The average molecular weight is 248 g/mol. The molecule has 2 aromatic rings.